The number of thioether (sulfide) groups is 1. The third kappa shape index (κ3) is 3.68. The van der Waals surface area contributed by atoms with Crippen molar-refractivity contribution in [2.24, 2.45) is 0 Å². The summed E-state index contributed by atoms with van der Waals surface area (Å²) in [6.07, 6.45) is 0.918. The van der Waals surface area contributed by atoms with E-state index in [1.54, 1.807) is 0 Å². The number of benzene rings is 3. The first kappa shape index (κ1) is 18.8. The molecule has 0 aliphatic carbocycles. The van der Waals surface area contributed by atoms with E-state index in [4.69, 9.17) is 0 Å². The maximum absolute atomic E-state index is 12.9. The number of hydrogen-bond donors (Lipinski definition) is 0. The minimum absolute atomic E-state index is 0.146. The topological polar surface area (TPSA) is 46.1 Å². The largest absolute Gasteiger partial charge is 0.337 e. The average molecular weight is 412 g/mol. The number of carbonyl (C=O) groups is 1. The van der Waals surface area contributed by atoms with Crippen molar-refractivity contribution in [2.75, 3.05) is 12.3 Å². The summed E-state index contributed by atoms with van der Waals surface area (Å²) in [5.74, 6) is 0.512. The van der Waals surface area contributed by atoms with Crippen LogP contribution in [0.25, 0.3) is 22.0 Å². The molecule has 5 rings (SSSR count). The SMILES string of the molecule is O=C(CSc1nnc(-c2ccccc2)c2ccccc12)N1CCc2ccccc2C1. The van der Waals surface area contributed by atoms with Gasteiger partial charge >= 0.3 is 0 Å². The van der Waals surface area contributed by atoms with Crippen LogP contribution in [0.4, 0.5) is 0 Å². The summed E-state index contributed by atoms with van der Waals surface area (Å²) in [7, 11) is 0. The van der Waals surface area contributed by atoms with Gasteiger partial charge < -0.3 is 4.90 Å². The van der Waals surface area contributed by atoms with Gasteiger partial charge in [0, 0.05) is 29.4 Å². The molecule has 0 saturated heterocycles. The zero-order valence-electron chi connectivity index (χ0n) is 16.5. The number of nitrogens with zero attached hydrogens (tertiary/aromatic N) is 3. The molecule has 1 aromatic heterocycles. The standard InChI is InChI=1S/C25H21N3OS/c29-23(28-15-14-18-8-4-5-11-20(18)16-28)17-30-25-22-13-7-6-12-21(22)24(26-27-25)19-9-2-1-3-10-19/h1-13H,14-17H2. The third-order valence-electron chi connectivity index (χ3n) is 5.52. The summed E-state index contributed by atoms with van der Waals surface area (Å²) < 4.78 is 0. The highest BCUT2D eigenvalue weighted by Crippen LogP contribution is 2.32. The van der Waals surface area contributed by atoms with E-state index < -0.39 is 0 Å². The fraction of sp³-hybridized carbons (Fsp3) is 0.160. The molecule has 30 heavy (non-hydrogen) atoms. The molecule has 4 aromatic rings. The number of carbonyl (C=O) groups excluding carboxylic acids is 1. The lowest BCUT2D eigenvalue weighted by atomic mass is 10.00. The van der Waals surface area contributed by atoms with Crippen LogP contribution in [0.2, 0.25) is 0 Å². The second-order valence-electron chi connectivity index (χ2n) is 7.39. The van der Waals surface area contributed by atoms with Gasteiger partial charge in [-0.15, -0.1) is 10.2 Å². The maximum Gasteiger partial charge on any atom is 0.233 e. The lowest BCUT2D eigenvalue weighted by Gasteiger charge is -2.28. The number of hydrogen-bond acceptors (Lipinski definition) is 4. The van der Waals surface area contributed by atoms with Crippen molar-refractivity contribution in [1.82, 2.24) is 15.1 Å². The van der Waals surface area contributed by atoms with E-state index in [1.807, 2.05) is 53.4 Å². The second kappa shape index (κ2) is 8.28. The fourth-order valence-corrected chi connectivity index (χ4v) is 4.80. The average Bonchev–Trinajstić information content (AvgIpc) is 2.82. The Morgan fingerprint density at radius 3 is 2.37 bits per heavy atom. The predicted molar refractivity (Wildman–Crippen MR) is 121 cm³/mol. The second-order valence-corrected chi connectivity index (χ2v) is 8.35. The van der Waals surface area contributed by atoms with E-state index in [-0.39, 0.29) is 5.91 Å². The van der Waals surface area contributed by atoms with Crippen molar-refractivity contribution >= 4 is 28.4 Å². The van der Waals surface area contributed by atoms with Gasteiger partial charge in [0.2, 0.25) is 5.91 Å². The smallest absolute Gasteiger partial charge is 0.233 e. The number of aromatic nitrogens is 2. The molecule has 3 aromatic carbocycles. The third-order valence-corrected chi connectivity index (χ3v) is 6.48. The van der Waals surface area contributed by atoms with Gasteiger partial charge in [-0.25, -0.2) is 0 Å². The minimum Gasteiger partial charge on any atom is -0.337 e. The van der Waals surface area contributed by atoms with Crippen molar-refractivity contribution in [3.05, 3.63) is 90.0 Å². The fourth-order valence-electron chi connectivity index (χ4n) is 3.93. The van der Waals surface area contributed by atoms with Crippen molar-refractivity contribution in [3.8, 4) is 11.3 Å². The van der Waals surface area contributed by atoms with Gasteiger partial charge in [0.05, 0.1) is 5.75 Å². The molecule has 5 heteroatoms. The van der Waals surface area contributed by atoms with Crippen molar-refractivity contribution < 1.29 is 4.79 Å². The van der Waals surface area contributed by atoms with Gasteiger partial charge in [-0.3, -0.25) is 4.79 Å². The Morgan fingerprint density at radius 1 is 0.833 bits per heavy atom. The molecular formula is C25H21N3OS. The van der Waals surface area contributed by atoms with Crippen LogP contribution in [-0.2, 0) is 17.8 Å². The molecule has 0 unspecified atom stereocenters. The first-order valence-corrected chi connectivity index (χ1v) is 11.1. The van der Waals surface area contributed by atoms with E-state index in [0.29, 0.717) is 12.3 Å². The van der Waals surface area contributed by atoms with E-state index in [2.05, 4.69) is 40.5 Å². The number of fused-ring (bicyclic) bond motifs is 2. The number of rotatable bonds is 4. The Labute approximate surface area is 179 Å². The van der Waals surface area contributed by atoms with E-state index in [9.17, 15) is 4.79 Å². The van der Waals surface area contributed by atoms with Gasteiger partial charge in [0.1, 0.15) is 10.7 Å². The first-order valence-electron chi connectivity index (χ1n) is 10.1. The van der Waals surface area contributed by atoms with Crippen LogP contribution in [0.3, 0.4) is 0 Å². The van der Waals surface area contributed by atoms with E-state index in [1.165, 1.54) is 22.9 Å². The Morgan fingerprint density at radius 2 is 1.53 bits per heavy atom. The minimum atomic E-state index is 0.146. The van der Waals surface area contributed by atoms with Gasteiger partial charge in [-0.05, 0) is 17.5 Å². The summed E-state index contributed by atoms with van der Waals surface area (Å²) in [6.45, 7) is 1.46. The van der Waals surface area contributed by atoms with Crippen LogP contribution in [0.15, 0.2) is 83.9 Å². The molecule has 0 fully saturated rings. The Hall–Kier alpha value is -3.18. The van der Waals surface area contributed by atoms with Crippen molar-refractivity contribution in [3.63, 3.8) is 0 Å². The predicted octanol–water partition coefficient (Wildman–Crippen LogP) is 4.97. The maximum atomic E-state index is 12.9. The molecule has 1 aliphatic heterocycles. The van der Waals surface area contributed by atoms with Crippen LogP contribution in [-0.4, -0.2) is 33.3 Å². The highest BCUT2D eigenvalue weighted by Gasteiger charge is 2.21. The monoisotopic (exact) mass is 411 g/mol. The Bertz CT molecular complexity index is 1210. The van der Waals surface area contributed by atoms with E-state index >= 15 is 0 Å². The van der Waals surface area contributed by atoms with Crippen LogP contribution in [0.5, 0.6) is 0 Å². The molecule has 0 N–H and O–H groups in total. The highest BCUT2D eigenvalue weighted by atomic mass is 32.2. The molecule has 0 saturated carbocycles. The molecule has 1 amide bonds. The molecular weight excluding hydrogens is 390 g/mol. The van der Waals surface area contributed by atoms with Crippen molar-refractivity contribution in [2.45, 2.75) is 18.0 Å². The normalized spacial score (nSPS) is 13.3. The Kier molecular flexibility index (Phi) is 5.20. The van der Waals surface area contributed by atoms with Gasteiger partial charge in [0.25, 0.3) is 0 Å². The lowest BCUT2D eigenvalue weighted by Crippen LogP contribution is -2.37. The Balaban J connectivity index is 1.36. The molecule has 1 aliphatic rings. The summed E-state index contributed by atoms with van der Waals surface area (Å²) in [5.41, 5.74) is 4.51. The lowest BCUT2D eigenvalue weighted by molar-refractivity contribution is -0.129. The molecule has 4 nitrogen and oxygen atoms in total. The summed E-state index contributed by atoms with van der Waals surface area (Å²) in [6, 6.07) is 26.6. The zero-order chi connectivity index (χ0) is 20.3. The van der Waals surface area contributed by atoms with Crippen LogP contribution < -0.4 is 0 Å². The summed E-state index contributed by atoms with van der Waals surface area (Å²) in [5, 5.41) is 11.9. The van der Waals surface area contributed by atoms with Crippen LogP contribution >= 0.6 is 11.8 Å². The molecule has 0 radical (unpaired) electrons. The van der Waals surface area contributed by atoms with E-state index in [0.717, 1.165) is 40.0 Å². The summed E-state index contributed by atoms with van der Waals surface area (Å²) >= 11 is 1.47. The van der Waals surface area contributed by atoms with Gasteiger partial charge in [-0.2, -0.15) is 0 Å². The van der Waals surface area contributed by atoms with Gasteiger partial charge in [-0.1, -0.05) is 90.6 Å². The summed E-state index contributed by atoms with van der Waals surface area (Å²) in [4.78, 5) is 14.8. The van der Waals surface area contributed by atoms with Crippen molar-refractivity contribution in [1.29, 1.82) is 0 Å². The molecule has 0 bridgehead atoms. The van der Waals surface area contributed by atoms with Crippen LogP contribution in [0.1, 0.15) is 11.1 Å². The molecule has 2 heterocycles. The molecule has 0 atom stereocenters. The first-order chi connectivity index (χ1) is 14.8. The zero-order valence-corrected chi connectivity index (χ0v) is 17.3. The highest BCUT2D eigenvalue weighted by molar-refractivity contribution is 8.00. The molecule has 0 spiro atoms. The molecule has 148 valence electrons. The van der Waals surface area contributed by atoms with Crippen LogP contribution in [0, 0.1) is 0 Å². The quantitative estimate of drug-likeness (QED) is 0.445. The van der Waals surface area contributed by atoms with Gasteiger partial charge in [0.15, 0.2) is 0 Å². The number of amides is 1.